The molecule has 9 heteroatoms. The Hall–Kier alpha value is -3.72. The van der Waals surface area contributed by atoms with Gasteiger partial charge in [0.2, 0.25) is 5.69 Å². The lowest BCUT2D eigenvalue weighted by molar-refractivity contribution is -0.384. The van der Waals surface area contributed by atoms with E-state index in [9.17, 15) is 15.4 Å². The molecule has 0 N–H and O–H groups in total. The highest BCUT2D eigenvalue weighted by molar-refractivity contribution is 5.90. The zero-order valence-corrected chi connectivity index (χ0v) is 15.0. The molecule has 4 rings (SSSR count). The van der Waals surface area contributed by atoms with Gasteiger partial charge in [-0.3, -0.25) is 14.8 Å². The number of nitrogens with zero attached hydrogens (tertiary/aromatic N) is 7. The van der Waals surface area contributed by atoms with Crippen LogP contribution < -0.4 is 0 Å². The molecule has 0 aliphatic heterocycles. The molecule has 1 aliphatic carbocycles. The van der Waals surface area contributed by atoms with Crippen LogP contribution in [0.4, 0.5) is 11.4 Å². The number of fused-ring (bicyclic) bond motifs is 1. The summed E-state index contributed by atoms with van der Waals surface area (Å²) in [6, 6.07) is 3.67. The van der Waals surface area contributed by atoms with Crippen LogP contribution in [0.2, 0.25) is 0 Å². The van der Waals surface area contributed by atoms with Crippen LogP contribution in [0.3, 0.4) is 0 Å². The average molecular weight is 375 g/mol. The molecule has 0 spiro atoms. The molecular weight excluding hydrogens is 358 g/mol. The van der Waals surface area contributed by atoms with Crippen LogP contribution in [-0.2, 0) is 0 Å². The lowest BCUT2D eigenvalue weighted by Gasteiger charge is -2.21. The molecule has 140 valence electrons. The summed E-state index contributed by atoms with van der Waals surface area (Å²) in [6.45, 7) is 7.47. The fourth-order valence-electron chi connectivity index (χ4n) is 4.07. The quantitative estimate of drug-likeness (QED) is 0.375. The Morgan fingerprint density at radius 1 is 1.36 bits per heavy atom. The van der Waals surface area contributed by atoms with Gasteiger partial charge >= 0.3 is 0 Å². The summed E-state index contributed by atoms with van der Waals surface area (Å²) >= 11 is 0. The molecule has 1 saturated carbocycles. The number of nitriles is 1. The molecule has 1 unspecified atom stereocenters. The van der Waals surface area contributed by atoms with E-state index >= 15 is 0 Å². The predicted molar refractivity (Wildman–Crippen MR) is 101 cm³/mol. The van der Waals surface area contributed by atoms with E-state index in [1.807, 2.05) is 10.9 Å². The van der Waals surface area contributed by atoms with Crippen molar-refractivity contribution >= 4 is 16.9 Å². The molecule has 0 amide bonds. The van der Waals surface area contributed by atoms with Crippen molar-refractivity contribution in [3.05, 3.63) is 52.4 Å². The van der Waals surface area contributed by atoms with Gasteiger partial charge in [0.05, 0.1) is 47.9 Å². The van der Waals surface area contributed by atoms with Gasteiger partial charge in [-0.2, -0.15) is 15.5 Å². The Morgan fingerprint density at radius 3 is 2.82 bits per heavy atom. The molecule has 0 aromatic carbocycles. The first kappa shape index (κ1) is 17.7. The molecule has 9 nitrogen and oxygen atoms in total. The molecule has 3 aromatic heterocycles. The van der Waals surface area contributed by atoms with Gasteiger partial charge in [0.1, 0.15) is 6.20 Å². The molecule has 0 radical (unpaired) electrons. The highest BCUT2D eigenvalue weighted by Gasteiger charge is 2.27. The fraction of sp³-hybridized carbons (Fsp3) is 0.368. The van der Waals surface area contributed by atoms with Gasteiger partial charge in [0.25, 0.3) is 5.69 Å². The van der Waals surface area contributed by atoms with Crippen LogP contribution in [0.15, 0.2) is 30.9 Å². The molecule has 3 aromatic rings. The Balaban J connectivity index is 1.81. The van der Waals surface area contributed by atoms with Crippen molar-refractivity contribution in [2.75, 3.05) is 0 Å². The number of hydrogen-bond donors (Lipinski definition) is 0. The Morgan fingerprint density at radius 2 is 2.14 bits per heavy atom. The lowest BCUT2D eigenvalue weighted by atomic mass is 9.96. The second kappa shape index (κ2) is 7.12. The van der Waals surface area contributed by atoms with E-state index in [0.717, 1.165) is 12.8 Å². The number of hydrogen-bond acceptors (Lipinski definition) is 5. The minimum Gasteiger partial charge on any atom is -0.268 e. The monoisotopic (exact) mass is 375 g/mol. The second-order valence-electron chi connectivity index (χ2n) is 6.98. The van der Waals surface area contributed by atoms with Crippen LogP contribution in [0, 0.1) is 33.9 Å². The average Bonchev–Trinajstić information content (AvgIpc) is 3.45. The topological polar surface area (TPSA) is 106 Å². The second-order valence-corrected chi connectivity index (χ2v) is 6.98. The van der Waals surface area contributed by atoms with E-state index in [2.05, 4.69) is 21.1 Å². The van der Waals surface area contributed by atoms with Crippen LogP contribution in [0.5, 0.6) is 0 Å². The predicted octanol–water partition coefficient (Wildman–Crippen LogP) is 4.30. The molecule has 28 heavy (non-hydrogen) atoms. The van der Waals surface area contributed by atoms with Crippen molar-refractivity contribution in [1.82, 2.24) is 19.4 Å². The van der Waals surface area contributed by atoms with E-state index in [1.165, 1.54) is 35.8 Å². The van der Waals surface area contributed by atoms with Crippen molar-refractivity contribution in [3.8, 4) is 17.2 Å². The minimum absolute atomic E-state index is 0.00313. The summed E-state index contributed by atoms with van der Waals surface area (Å²) in [5.74, 6) is 0.416. The maximum atomic E-state index is 11.1. The third-order valence-corrected chi connectivity index (χ3v) is 5.41. The van der Waals surface area contributed by atoms with E-state index in [1.54, 1.807) is 6.20 Å². The van der Waals surface area contributed by atoms with Crippen molar-refractivity contribution in [2.24, 2.45) is 5.92 Å². The van der Waals surface area contributed by atoms with Gasteiger partial charge in [-0.15, -0.1) is 0 Å². The molecule has 3 heterocycles. The van der Waals surface area contributed by atoms with E-state index in [-0.39, 0.29) is 11.7 Å². The molecular formula is C19H17N7O2. The maximum Gasteiger partial charge on any atom is 0.289 e. The van der Waals surface area contributed by atoms with Crippen molar-refractivity contribution in [1.29, 1.82) is 5.26 Å². The van der Waals surface area contributed by atoms with E-state index in [0.29, 0.717) is 34.7 Å². The van der Waals surface area contributed by atoms with Gasteiger partial charge in [-0.25, -0.2) is 9.36 Å². The van der Waals surface area contributed by atoms with Gasteiger partial charge in [0.15, 0.2) is 0 Å². The highest BCUT2D eigenvalue weighted by Crippen LogP contribution is 2.39. The Bertz CT molecular complexity index is 1130. The van der Waals surface area contributed by atoms with E-state index < -0.39 is 4.92 Å². The summed E-state index contributed by atoms with van der Waals surface area (Å²) in [5, 5.41) is 29.0. The van der Waals surface area contributed by atoms with Gasteiger partial charge in [-0.1, -0.05) is 12.8 Å². The molecule has 1 fully saturated rings. The lowest BCUT2D eigenvalue weighted by Crippen LogP contribution is -2.17. The first-order valence-electron chi connectivity index (χ1n) is 9.07. The summed E-state index contributed by atoms with van der Waals surface area (Å²) in [5.41, 5.74) is 1.95. The van der Waals surface area contributed by atoms with Crippen LogP contribution >= 0.6 is 0 Å². The fourth-order valence-corrected chi connectivity index (χ4v) is 4.07. The third-order valence-electron chi connectivity index (χ3n) is 5.41. The van der Waals surface area contributed by atoms with Crippen LogP contribution in [0.25, 0.3) is 21.5 Å². The van der Waals surface area contributed by atoms with Gasteiger partial charge in [-0.05, 0) is 18.8 Å². The summed E-state index contributed by atoms with van der Waals surface area (Å²) in [4.78, 5) is 14.2. The maximum absolute atomic E-state index is 11.1. The first-order chi connectivity index (χ1) is 13.6. The summed E-state index contributed by atoms with van der Waals surface area (Å²) < 4.78 is 3.22. The third kappa shape index (κ3) is 2.97. The molecule has 1 atom stereocenters. The van der Waals surface area contributed by atoms with Crippen molar-refractivity contribution in [2.45, 2.75) is 38.1 Å². The smallest absolute Gasteiger partial charge is 0.268 e. The highest BCUT2D eigenvalue weighted by atomic mass is 16.6. The Kier molecular flexibility index (Phi) is 4.50. The van der Waals surface area contributed by atoms with Gasteiger partial charge < -0.3 is 0 Å². The molecule has 0 saturated heterocycles. The number of nitro groups is 1. The number of rotatable bonds is 5. The van der Waals surface area contributed by atoms with Gasteiger partial charge in [0, 0.05) is 23.4 Å². The minimum atomic E-state index is -0.484. The first-order valence-corrected chi connectivity index (χ1v) is 9.07. The standard InChI is InChI=1S/C19H17N7O2/c1-21-16-10-23-25-12-15(26(27)28)8-18(25)19(16)14-9-22-24(11-14)17(6-7-20)13-4-2-3-5-13/h8-13,17H,2-6H2. The zero-order chi connectivity index (χ0) is 19.7. The van der Waals surface area contributed by atoms with Crippen molar-refractivity contribution < 1.29 is 4.92 Å². The molecule has 1 aliphatic rings. The van der Waals surface area contributed by atoms with E-state index in [4.69, 9.17) is 6.57 Å². The number of aromatic nitrogens is 4. The zero-order valence-electron chi connectivity index (χ0n) is 15.0. The molecule has 0 bridgehead atoms. The van der Waals surface area contributed by atoms with Crippen LogP contribution in [-0.4, -0.2) is 24.3 Å². The summed E-state index contributed by atoms with van der Waals surface area (Å²) in [7, 11) is 0. The largest absolute Gasteiger partial charge is 0.289 e. The summed E-state index contributed by atoms with van der Waals surface area (Å²) in [6.07, 6.45) is 11.1. The Labute approximate surface area is 160 Å². The van der Waals surface area contributed by atoms with Crippen molar-refractivity contribution in [3.63, 3.8) is 0 Å². The van der Waals surface area contributed by atoms with Crippen LogP contribution in [0.1, 0.15) is 38.1 Å². The normalized spacial score (nSPS) is 15.4. The SMILES string of the molecule is [C-]#[N+]c1cnn2cc([N+](=O)[O-])cc2c1-c1cnn(C(CC#N)C2CCCC2)c1.